The minimum atomic E-state index is -0.325. The summed E-state index contributed by atoms with van der Waals surface area (Å²) in [6.45, 7) is 0.533. The number of rotatable bonds is 7. The third-order valence-electron chi connectivity index (χ3n) is 4.40. The van der Waals surface area contributed by atoms with Gasteiger partial charge in [-0.15, -0.1) is 0 Å². The molecule has 0 bridgehead atoms. The maximum Gasteiger partial charge on any atom is 0.272 e. The van der Waals surface area contributed by atoms with Crippen molar-refractivity contribution in [2.45, 2.75) is 6.42 Å². The van der Waals surface area contributed by atoms with E-state index in [9.17, 15) is 9.59 Å². The number of nitrogens with zero attached hydrogens (tertiary/aromatic N) is 3. The number of amides is 2. The van der Waals surface area contributed by atoms with E-state index in [1.54, 1.807) is 61.8 Å². The second-order valence-electron chi connectivity index (χ2n) is 6.45. The van der Waals surface area contributed by atoms with Crippen LogP contribution in [0.5, 0.6) is 5.75 Å². The SMILES string of the molecule is COc1cccc(NC(=O)c2ccnc(C(=O)N(C)CCc3ccncc3)c2)c1. The average molecular weight is 390 g/mol. The van der Waals surface area contributed by atoms with Gasteiger partial charge >= 0.3 is 0 Å². The van der Waals surface area contributed by atoms with Gasteiger partial charge in [0.05, 0.1) is 7.11 Å². The predicted molar refractivity (Wildman–Crippen MR) is 110 cm³/mol. The molecule has 0 saturated carbocycles. The van der Waals surface area contributed by atoms with E-state index in [2.05, 4.69) is 15.3 Å². The van der Waals surface area contributed by atoms with Crippen LogP contribution in [0.1, 0.15) is 26.4 Å². The second kappa shape index (κ2) is 9.45. The van der Waals surface area contributed by atoms with Gasteiger partial charge in [0.25, 0.3) is 11.8 Å². The lowest BCUT2D eigenvalue weighted by Gasteiger charge is -2.17. The first-order chi connectivity index (χ1) is 14.1. The zero-order valence-corrected chi connectivity index (χ0v) is 16.3. The molecule has 0 unspecified atom stereocenters. The molecule has 0 aliphatic rings. The lowest BCUT2D eigenvalue weighted by molar-refractivity contribution is 0.0791. The Morgan fingerprint density at radius 1 is 1.07 bits per heavy atom. The Bertz CT molecular complexity index is 992. The van der Waals surface area contributed by atoms with E-state index in [1.807, 2.05) is 12.1 Å². The van der Waals surface area contributed by atoms with Gasteiger partial charge in [-0.3, -0.25) is 19.6 Å². The van der Waals surface area contributed by atoms with E-state index in [-0.39, 0.29) is 17.5 Å². The highest BCUT2D eigenvalue weighted by Gasteiger charge is 2.16. The summed E-state index contributed by atoms with van der Waals surface area (Å²) >= 11 is 0. The van der Waals surface area contributed by atoms with Crippen LogP contribution in [0, 0.1) is 0 Å². The molecule has 1 N–H and O–H groups in total. The molecule has 0 atom stereocenters. The number of hydrogen-bond donors (Lipinski definition) is 1. The van der Waals surface area contributed by atoms with Crippen LogP contribution in [-0.4, -0.2) is 47.4 Å². The number of methoxy groups -OCH3 is 1. The Kier molecular flexibility index (Phi) is 6.52. The predicted octanol–water partition coefficient (Wildman–Crippen LogP) is 3.05. The first-order valence-electron chi connectivity index (χ1n) is 9.12. The lowest BCUT2D eigenvalue weighted by atomic mass is 10.1. The summed E-state index contributed by atoms with van der Waals surface area (Å²) in [5, 5.41) is 2.80. The average Bonchev–Trinajstić information content (AvgIpc) is 2.77. The van der Waals surface area contributed by atoms with Gasteiger partial charge in [0, 0.05) is 49.5 Å². The van der Waals surface area contributed by atoms with E-state index in [0.717, 1.165) is 5.56 Å². The Balaban J connectivity index is 1.66. The van der Waals surface area contributed by atoms with Crippen LogP contribution >= 0.6 is 0 Å². The fourth-order valence-corrected chi connectivity index (χ4v) is 2.74. The van der Waals surface area contributed by atoms with Crippen molar-refractivity contribution >= 4 is 17.5 Å². The Morgan fingerprint density at radius 3 is 2.62 bits per heavy atom. The molecule has 3 aromatic rings. The lowest BCUT2D eigenvalue weighted by Crippen LogP contribution is -2.29. The number of nitrogens with one attached hydrogen (secondary N) is 1. The number of ether oxygens (including phenoxy) is 1. The van der Waals surface area contributed by atoms with Gasteiger partial charge < -0.3 is 15.0 Å². The summed E-state index contributed by atoms with van der Waals surface area (Å²) in [5.74, 6) is 0.0773. The molecule has 0 fully saturated rings. The highest BCUT2D eigenvalue weighted by atomic mass is 16.5. The zero-order valence-electron chi connectivity index (χ0n) is 16.3. The van der Waals surface area contributed by atoms with E-state index >= 15 is 0 Å². The molecule has 7 heteroatoms. The quantitative estimate of drug-likeness (QED) is 0.670. The molecule has 0 saturated heterocycles. The van der Waals surface area contributed by atoms with Crippen molar-refractivity contribution in [3.05, 3.63) is 83.9 Å². The summed E-state index contributed by atoms with van der Waals surface area (Å²) in [6, 6.07) is 14.0. The molecule has 1 aromatic carbocycles. The van der Waals surface area contributed by atoms with Crippen LogP contribution in [-0.2, 0) is 6.42 Å². The van der Waals surface area contributed by atoms with Crippen molar-refractivity contribution in [3.63, 3.8) is 0 Å². The topological polar surface area (TPSA) is 84.4 Å². The van der Waals surface area contributed by atoms with Gasteiger partial charge in [0.2, 0.25) is 0 Å². The van der Waals surface area contributed by atoms with E-state index in [4.69, 9.17) is 4.74 Å². The van der Waals surface area contributed by atoms with Crippen molar-refractivity contribution in [2.75, 3.05) is 26.0 Å². The smallest absolute Gasteiger partial charge is 0.272 e. The number of likely N-dealkylation sites (N-methyl/N-ethyl adjacent to an activating group) is 1. The molecule has 0 aliphatic carbocycles. The molecular formula is C22H22N4O3. The van der Waals surface area contributed by atoms with E-state index < -0.39 is 0 Å². The van der Waals surface area contributed by atoms with Gasteiger partial charge in [-0.2, -0.15) is 0 Å². The molecule has 3 rings (SSSR count). The standard InChI is InChI=1S/C22H22N4O3/c1-26(13-9-16-6-10-23-11-7-16)22(28)20-14-17(8-12-24-20)21(27)25-18-4-3-5-19(15-18)29-2/h3-8,10-12,14-15H,9,13H2,1-2H3,(H,25,27). The second-order valence-corrected chi connectivity index (χ2v) is 6.45. The summed E-state index contributed by atoms with van der Waals surface area (Å²) in [5.41, 5.74) is 2.28. The number of carbonyl (C=O) groups excluding carboxylic acids is 2. The minimum absolute atomic E-state index is 0.223. The summed E-state index contributed by atoms with van der Waals surface area (Å²) < 4.78 is 5.16. The number of anilines is 1. The minimum Gasteiger partial charge on any atom is -0.497 e. The van der Waals surface area contributed by atoms with E-state index in [0.29, 0.717) is 30.0 Å². The molecule has 0 radical (unpaired) electrons. The molecule has 0 aliphatic heterocycles. The maximum atomic E-state index is 12.7. The van der Waals surface area contributed by atoms with Gasteiger partial charge in [-0.05, 0) is 48.4 Å². The fraction of sp³-hybridized carbons (Fsp3) is 0.182. The zero-order chi connectivity index (χ0) is 20.6. The summed E-state index contributed by atoms with van der Waals surface area (Å²) in [7, 11) is 3.28. The van der Waals surface area contributed by atoms with Gasteiger partial charge in [0.15, 0.2) is 0 Å². The molecule has 0 spiro atoms. The molecule has 7 nitrogen and oxygen atoms in total. The fourth-order valence-electron chi connectivity index (χ4n) is 2.74. The van der Waals surface area contributed by atoms with Crippen LogP contribution in [0.3, 0.4) is 0 Å². The summed E-state index contributed by atoms with van der Waals surface area (Å²) in [6.07, 6.45) is 5.62. The summed E-state index contributed by atoms with van der Waals surface area (Å²) in [4.78, 5) is 35.0. The molecule has 2 heterocycles. The third kappa shape index (κ3) is 5.38. The van der Waals surface area contributed by atoms with Crippen molar-refractivity contribution in [3.8, 4) is 5.75 Å². The van der Waals surface area contributed by atoms with Gasteiger partial charge in [0.1, 0.15) is 11.4 Å². The van der Waals surface area contributed by atoms with Crippen LogP contribution in [0.2, 0.25) is 0 Å². The number of hydrogen-bond acceptors (Lipinski definition) is 5. The van der Waals surface area contributed by atoms with Crippen LogP contribution in [0.15, 0.2) is 67.1 Å². The molecular weight excluding hydrogens is 368 g/mol. The van der Waals surface area contributed by atoms with Gasteiger partial charge in [-0.1, -0.05) is 6.07 Å². The Labute approximate surface area is 169 Å². The first kappa shape index (κ1) is 20.0. The van der Waals surface area contributed by atoms with Crippen LogP contribution in [0.25, 0.3) is 0 Å². The monoisotopic (exact) mass is 390 g/mol. The van der Waals surface area contributed by atoms with Crippen molar-refractivity contribution in [2.24, 2.45) is 0 Å². The molecule has 29 heavy (non-hydrogen) atoms. The maximum absolute atomic E-state index is 12.7. The van der Waals surface area contributed by atoms with Crippen LogP contribution < -0.4 is 10.1 Å². The van der Waals surface area contributed by atoms with Crippen molar-refractivity contribution < 1.29 is 14.3 Å². The first-order valence-corrected chi connectivity index (χ1v) is 9.12. The highest BCUT2D eigenvalue weighted by Crippen LogP contribution is 2.17. The molecule has 2 amide bonds. The number of carbonyl (C=O) groups is 2. The van der Waals surface area contributed by atoms with E-state index in [1.165, 1.54) is 12.3 Å². The van der Waals surface area contributed by atoms with Crippen LogP contribution in [0.4, 0.5) is 5.69 Å². The normalized spacial score (nSPS) is 10.3. The molecule has 2 aromatic heterocycles. The number of pyridine rings is 2. The largest absolute Gasteiger partial charge is 0.497 e. The van der Waals surface area contributed by atoms with Crippen molar-refractivity contribution in [1.29, 1.82) is 0 Å². The van der Waals surface area contributed by atoms with Gasteiger partial charge in [-0.25, -0.2) is 0 Å². The Hall–Kier alpha value is -3.74. The number of aromatic nitrogens is 2. The highest BCUT2D eigenvalue weighted by molar-refractivity contribution is 6.05. The third-order valence-corrected chi connectivity index (χ3v) is 4.40. The molecule has 148 valence electrons. The number of benzene rings is 1. The Morgan fingerprint density at radius 2 is 1.86 bits per heavy atom. The van der Waals surface area contributed by atoms with Crippen molar-refractivity contribution in [1.82, 2.24) is 14.9 Å².